The maximum atomic E-state index is 12.1. The predicted octanol–water partition coefficient (Wildman–Crippen LogP) is 1.87. The van der Waals surface area contributed by atoms with Gasteiger partial charge in [0.25, 0.3) is 0 Å². The van der Waals surface area contributed by atoms with Crippen molar-refractivity contribution in [2.24, 2.45) is 0 Å². The molecule has 4 nitrogen and oxygen atoms in total. The zero-order chi connectivity index (χ0) is 14.5. The molecule has 2 atom stereocenters. The van der Waals surface area contributed by atoms with Crippen LogP contribution in [0.5, 0.6) is 0 Å². The van der Waals surface area contributed by atoms with Crippen LogP contribution >= 0.6 is 11.8 Å². The first-order valence-corrected chi connectivity index (χ1v) is 7.91. The molecule has 2 rings (SSSR count). The molecule has 0 aliphatic carbocycles. The van der Waals surface area contributed by atoms with Gasteiger partial charge in [0.15, 0.2) is 0 Å². The molecule has 0 saturated heterocycles. The number of aliphatic hydroxyl groups excluding tert-OH is 1. The number of rotatable bonds is 6. The predicted molar refractivity (Wildman–Crippen MR) is 83.9 cm³/mol. The summed E-state index contributed by atoms with van der Waals surface area (Å²) in [6, 6.07) is 9.94. The number of fused-ring (bicyclic) bond motifs is 1. The summed E-state index contributed by atoms with van der Waals surface area (Å²) in [6.45, 7) is 2.28. The molecular formula is C15H20N2O2S. The Kier molecular flexibility index (Phi) is 5.09. The van der Waals surface area contributed by atoms with Gasteiger partial charge < -0.3 is 15.0 Å². The van der Waals surface area contributed by atoms with Crippen LogP contribution in [0.4, 0.5) is 0 Å². The Labute approximate surface area is 123 Å². The summed E-state index contributed by atoms with van der Waals surface area (Å²) in [4.78, 5) is 12.1. The molecule has 0 fully saturated rings. The number of hydrogen-bond acceptors (Lipinski definition) is 3. The Hall–Kier alpha value is -1.46. The van der Waals surface area contributed by atoms with Crippen LogP contribution in [-0.2, 0) is 11.3 Å². The average molecular weight is 292 g/mol. The van der Waals surface area contributed by atoms with E-state index in [4.69, 9.17) is 0 Å². The Bertz CT molecular complexity index is 578. The van der Waals surface area contributed by atoms with Crippen molar-refractivity contribution in [3.63, 3.8) is 0 Å². The number of aromatic nitrogens is 1. The van der Waals surface area contributed by atoms with Gasteiger partial charge in [-0.05, 0) is 30.7 Å². The van der Waals surface area contributed by atoms with E-state index in [1.54, 1.807) is 11.8 Å². The molecule has 2 unspecified atom stereocenters. The third kappa shape index (κ3) is 3.35. The second-order valence-corrected chi connectivity index (χ2v) is 5.89. The van der Waals surface area contributed by atoms with Crippen LogP contribution in [0.15, 0.2) is 36.5 Å². The molecular weight excluding hydrogens is 272 g/mol. The molecule has 2 aromatic rings. The van der Waals surface area contributed by atoms with Crippen molar-refractivity contribution >= 4 is 28.6 Å². The van der Waals surface area contributed by atoms with Crippen molar-refractivity contribution < 1.29 is 9.90 Å². The lowest BCUT2D eigenvalue weighted by atomic mass is 10.2. The van der Waals surface area contributed by atoms with Crippen molar-refractivity contribution in [2.75, 3.05) is 12.9 Å². The van der Waals surface area contributed by atoms with E-state index in [1.165, 1.54) is 0 Å². The van der Waals surface area contributed by atoms with E-state index in [9.17, 15) is 9.90 Å². The van der Waals surface area contributed by atoms with Crippen molar-refractivity contribution in [1.29, 1.82) is 0 Å². The summed E-state index contributed by atoms with van der Waals surface area (Å²) in [6.07, 6.45) is 3.86. The first kappa shape index (κ1) is 14.9. The van der Waals surface area contributed by atoms with E-state index in [1.807, 2.05) is 54.3 Å². The highest BCUT2D eigenvalue weighted by atomic mass is 32.2. The molecule has 20 heavy (non-hydrogen) atoms. The van der Waals surface area contributed by atoms with Crippen molar-refractivity contribution in [2.45, 2.75) is 24.8 Å². The Morgan fingerprint density at radius 2 is 2.15 bits per heavy atom. The molecule has 0 spiro atoms. The number of nitrogens with one attached hydrogen (secondary N) is 1. The smallest absolute Gasteiger partial charge is 0.240 e. The van der Waals surface area contributed by atoms with E-state index in [-0.39, 0.29) is 23.8 Å². The van der Waals surface area contributed by atoms with Crippen LogP contribution in [0.3, 0.4) is 0 Å². The monoisotopic (exact) mass is 292 g/mol. The lowest BCUT2D eigenvalue weighted by Crippen LogP contribution is -2.42. The van der Waals surface area contributed by atoms with Gasteiger partial charge in [0.2, 0.25) is 5.91 Å². The van der Waals surface area contributed by atoms with Gasteiger partial charge in [-0.15, -0.1) is 0 Å². The average Bonchev–Trinajstić information content (AvgIpc) is 2.83. The topological polar surface area (TPSA) is 54.3 Å². The highest BCUT2D eigenvalue weighted by Crippen LogP contribution is 2.15. The minimum atomic E-state index is -0.0515. The zero-order valence-electron chi connectivity index (χ0n) is 11.7. The van der Waals surface area contributed by atoms with Crippen LogP contribution in [0.2, 0.25) is 0 Å². The van der Waals surface area contributed by atoms with E-state index in [0.29, 0.717) is 6.54 Å². The van der Waals surface area contributed by atoms with Gasteiger partial charge in [-0.1, -0.05) is 18.2 Å². The normalized spacial score (nSPS) is 14.2. The second kappa shape index (κ2) is 6.81. The van der Waals surface area contributed by atoms with Gasteiger partial charge in [0.1, 0.15) is 6.54 Å². The molecule has 1 heterocycles. The largest absolute Gasteiger partial charge is 0.395 e. The number of para-hydroxylation sites is 1. The van der Waals surface area contributed by atoms with Crippen molar-refractivity contribution in [1.82, 2.24) is 9.88 Å². The maximum absolute atomic E-state index is 12.1. The van der Waals surface area contributed by atoms with Crippen LogP contribution in [0.25, 0.3) is 10.9 Å². The number of thioether (sulfide) groups is 1. The zero-order valence-corrected chi connectivity index (χ0v) is 12.6. The maximum Gasteiger partial charge on any atom is 0.240 e. The van der Waals surface area contributed by atoms with Crippen LogP contribution in [-0.4, -0.2) is 39.7 Å². The first-order chi connectivity index (χ1) is 9.65. The molecule has 1 aromatic heterocycles. The summed E-state index contributed by atoms with van der Waals surface area (Å²) >= 11 is 1.56. The third-order valence-corrected chi connectivity index (χ3v) is 4.59. The van der Waals surface area contributed by atoms with Crippen LogP contribution in [0, 0.1) is 0 Å². The quantitative estimate of drug-likeness (QED) is 0.854. The van der Waals surface area contributed by atoms with E-state index in [0.717, 1.165) is 10.9 Å². The van der Waals surface area contributed by atoms with Gasteiger partial charge >= 0.3 is 0 Å². The molecule has 1 aromatic carbocycles. The summed E-state index contributed by atoms with van der Waals surface area (Å²) in [7, 11) is 0. The first-order valence-electron chi connectivity index (χ1n) is 6.62. The highest BCUT2D eigenvalue weighted by molar-refractivity contribution is 7.99. The number of hydrogen-bond donors (Lipinski definition) is 2. The fourth-order valence-electron chi connectivity index (χ4n) is 2.26. The van der Waals surface area contributed by atoms with E-state index in [2.05, 4.69) is 5.32 Å². The molecule has 0 bridgehead atoms. The fourth-order valence-corrected chi connectivity index (χ4v) is 2.89. The number of benzene rings is 1. The number of amides is 1. The fraction of sp³-hybridized carbons (Fsp3) is 0.400. The van der Waals surface area contributed by atoms with Crippen molar-refractivity contribution in [3.05, 3.63) is 36.5 Å². The molecule has 0 aliphatic heterocycles. The summed E-state index contributed by atoms with van der Waals surface area (Å²) in [5.74, 6) is -0.0358. The Morgan fingerprint density at radius 3 is 2.85 bits per heavy atom. The lowest BCUT2D eigenvalue weighted by molar-refractivity contribution is -0.122. The molecule has 108 valence electrons. The molecule has 5 heteroatoms. The van der Waals surface area contributed by atoms with E-state index < -0.39 is 0 Å². The third-order valence-electron chi connectivity index (χ3n) is 3.42. The summed E-state index contributed by atoms with van der Waals surface area (Å²) in [5.41, 5.74) is 1.05. The second-order valence-electron chi connectivity index (χ2n) is 4.82. The lowest BCUT2D eigenvalue weighted by Gasteiger charge is -2.21. The van der Waals surface area contributed by atoms with Gasteiger partial charge in [0, 0.05) is 23.0 Å². The summed E-state index contributed by atoms with van der Waals surface area (Å²) < 4.78 is 1.93. The number of aliphatic hydroxyl groups is 1. The molecule has 1 amide bonds. The van der Waals surface area contributed by atoms with Gasteiger partial charge in [-0.25, -0.2) is 0 Å². The minimum absolute atomic E-state index is 0.0281. The van der Waals surface area contributed by atoms with Gasteiger partial charge in [-0.2, -0.15) is 11.8 Å². The Morgan fingerprint density at radius 1 is 1.40 bits per heavy atom. The number of carbonyl (C=O) groups is 1. The van der Waals surface area contributed by atoms with Crippen molar-refractivity contribution in [3.8, 4) is 0 Å². The summed E-state index contributed by atoms with van der Waals surface area (Å²) in [5, 5.41) is 13.3. The Balaban J connectivity index is 2.01. The van der Waals surface area contributed by atoms with E-state index >= 15 is 0 Å². The molecule has 0 aliphatic rings. The van der Waals surface area contributed by atoms with Gasteiger partial charge in [0.05, 0.1) is 6.61 Å². The molecule has 2 N–H and O–H groups in total. The van der Waals surface area contributed by atoms with Crippen LogP contribution < -0.4 is 5.32 Å². The van der Waals surface area contributed by atoms with Gasteiger partial charge in [-0.3, -0.25) is 4.79 Å². The molecule has 0 saturated carbocycles. The SMILES string of the molecule is CSC(CO)C(C)NC(=O)Cn1ccc2ccccc21. The minimum Gasteiger partial charge on any atom is -0.395 e. The highest BCUT2D eigenvalue weighted by Gasteiger charge is 2.17. The molecule has 0 radical (unpaired) electrons. The number of carbonyl (C=O) groups excluding carboxylic acids is 1. The standard InChI is InChI=1S/C15H20N2O2S/c1-11(14(10-18)20-2)16-15(19)9-17-8-7-12-5-3-4-6-13(12)17/h3-8,11,14,18H,9-10H2,1-2H3,(H,16,19). The van der Waals surface area contributed by atoms with Crippen LogP contribution in [0.1, 0.15) is 6.92 Å². The number of nitrogens with zero attached hydrogens (tertiary/aromatic N) is 1.